The van der Waals surface area contributed by atoms with Gasteiger partial charge >= 0.3 is 0 Å². The first-order valence-corrected chi connectivity index (χ1v) is 9.21. The first kappa shape index (κ1) is 16.3. The summed E-state index contributed by atoms with van der Waals surface area (Å²) in [4.78, 5) is 2.69. The van der Waals surface area contributed by atoms with Crippen LogP contribution in [0.1, 0.15) is 51.9 Å². The molecule has 1 aliphatic heterocycles. The maximum absolute atomic E-state index is 3.69. The summed E-state index contributed by atoms with van der Waals surface area (Å²) in [5.74, 6) is 1.34. The Morgan fingerprint density at radius 2 is 2.06 bits per heavy atom. The molecule has 2 nitrogen and oxygen atoms in total. The van der Waals surface area contributed by atoms with E-state index in [0.717, 1.165) is 6.04 Å². The number of hydrogen-bond donors (Lipinski definition) is 1. The van der Waals surface area contributed by atoms with E-state index in [4.69, 9.17) is 0 Å². The number of thioether (sulfide) groups is 1. The van der Waals surface area contributed by atoms with Crippen LogP contribution in [-0.2, 0) is 0 Å². The number of rotatable bonds is 9. The van der Waals surface area contributed by atoms with Gasteiger partial charge in [0.25, 0.3) is 0 Å². The molecule has 1 unspecified atom stereocenters. The molecule has 0 saturated carbocycles. The Hall–Kier alpha value is 0.270. The van der Waals surface area contributed by atoms with Gasteiger partial charge in [0.1, 0.15) is 0 Å². The van der Waals surface area contributed by atoms with E-state index < -0.39 is 0 Å². The summed E-state index contributed by atoms with van der Waals surface area (Å²) < 4.78 is 0. The van der Waals surface area contributed by atoms with Crippen LogP contribution in [0.4, 0.5) is 0 Å². The molecular weight excluding hydrogens is 240 g/mol. The topological polar surface area (TPSA) is 15.3 Å². The second kappa shape index (κ2) is 11.1. The van der Waals surface area contributed by atoms with Crippen LogP contribution in [0.15, 0.2) is 0 Å². The van der Waals surface area contributed by atoms with Gasteiger partial charge in [-0.25, -0.2) is 0 Å². The molecule has 0 radical (unpaired) electrons. The Balaban J connectivity index is 2.07. The SMILES string of the molecule is CCCC1CN(CCCCCCSC)CCCN1. The summed E-state index contributed by atoms with van der Waals surface area (Å²) >= 11 is 1.98. The normalized spacial score (nSPS) is 22.0. The van der Waals surface area contributed by atoms with Crippen LogP contribution >= 0.6 is 11.8 Å². The molecule has 0 aromatic rings. The lowest BCUT2D eigenvalue weighted by atomic mass is 10.1. The van der Waals surface area contributed by atoms with Crippen molar-refractivity contribution in [2.45, 2.75) is 57.9 Å². The molecule has 1 fully saturated rings. The Kier molecular flexibility index (Phi) is 10.1. The average molecular weight is 273 g/mol. The third-order valence-corrected chi connectivity index (χ3v) is 4.47. The van der Waals surface area contributed by atoms with Crippen molar-refractivity contribution >= 4 is 11.8 Å². The van der Waals surface area contributed by atoms with E-state index >= 15 is 0 Å². The molecule has 108 valence electrons. The number of unbranched alkanes of at least 4 members (excludes halogenated alkanes) is 3. The van der Waals surface area contributed by atoms with Gasteiger partial charge in [-0.3, -0.25) is 0 Å². The fraction of sp³-hybridized carbons (Fsp3) is 1.00. The molecule has 0 aliphatic carbocycles. The fourth-order valence-corrected chi connectivity index (χ4v) is 3.25. The lowest BCUT2D eigenvalue weighted by molar-refractivity contribution is 0.257. The van der Waals surface area contributed by atoms with E-state index in [1.54, 1.807) is 0 Å². The van der Waals surface area contributed by atoms with Gasteiger partial charge in [0, 0.05) is 12.6 Å². The van der Waals surface area contributed by atoms with Crippen molar-refractivity contribution in [3.8, 4) is 0 Å². The quantitative estimate of drug-likeness (QED) is 0.648. The minimum absolute atomic E-state index is 0.744. The van der Waals surface area contributed by atoms with Gasteiger partial charge < -0.3 is 10.2 Å². The Morgan fingerprint density at radius 1 is 1.22 bits per heavy atom. The molecule has 1 heterocycles. The smallest absolute Gasteiger partial charge is 0.0194 e. The van der Waals surface area contributed by atoms with Crippen molar-refractivity contribution in [2.75, 3.05) is 38.2 Å². The minimum atomic E-state index is 0.744. The molecule has 1 N–H and O–H groups in total. The Labute approximate surface area is 118 Å². The molecule has 0 amide bonds. The largest absolute Gasteiger partial charge is 0.313 e. The van der Waals surface area contributed by atoms with Crippen LogP contribution in [0.2, 0.25) is 0 Å². The summed E-state index contributed by atoms with van der Waals surface area (Å²) in [6.45, 7) is 7.41. The summed E-state index contributed by atoms with van der Waals surface area (Å²) in [6, 6.07) is 0.744. The van der Waals surface area contributed by atoms with Gasteiger partial charge in [0.2, 0.25) is 0 Å². The Bertz CT molecular complexity index is 187. The molecule has 3 heteroatoms. The van der Waals surface area contributed by atoms with Gasteiger partial charge in [-0.2, -0.15) is 11.8 Å². The highest BCUT2D eigenvalue weighted by Crippen LogP contribution is 2.09. The van der Waals surface area contributed by atoms with Crippen LogP contribution in [0.5, 0.6) is 0 Å². The zero-order valence-electron chi connectivity index (χ0n) is 12.4. The van der Waals surface area contributed by atoms with Crippen LogP contribution in [-0.4, -0.2) is 49.1 Å². The van der Waals surface area contributed by atoms with E-state index in [1.807, 2.05) is 11.8 Å². The van der Waals surface area contributed by atoms with Crippen LogP contribution in [0.25, 0.3) is 0 Å². The van der Waals surface area contributed by atoms with Gasteiger partial charge in [0.15, 0.2) is 0 Å². The van der Waals surface area contributed by atoms with Crippen LogP contribution < -0.4 is 5.32 Å². The molecule has 0 aromatic heterocycles. The zero-order valence-corrected chi connectivity index (χ0v) is 13.2. The van der Waals surface area contributed by atoms with Crippen molar-refractivity contribution in [3.63, 3.8) is 0 Å². The molecule has 1 saturated heterocycles. The maximum Gasteiger partial charge on any atom is 0.0194 e. The summed E-state index contributed by atoms with van der Waals surface area (Å²) in [6.07, 6.45) is 11.8. The molecule has 1 rings (SSSR count). The average Bonchev–Trinajstić information content (AvgIpc) is 2.59. The molecule has 0 bridgehead atoms. The standard InChI is InChI=1S/C15H32N2S/c1-3-9-15-14-17(12-8-10-16-15)11-6-4-5-7-13-18-2/h15-16H,3-14H2,1-2H3. The van der Waals surface area contributed by atoms with Gasteiger partial charge in [-0.15, -0.1) is 0 Å². The van der Waals surface area contributed by atoms with E-state index in [9.17, 15) is 0 Å². The molecule has 0 aromatic carbocycles. The van der Waals surface area contributed by atoms with E-state index in [1.165, 1.54) is 76.9 Å². The highest BCUT2D eigenvalue weighted by molar-refractivity contribution is 7.98. The van der Waals surface area contributed by atoms with Gasteiger partial charge in [0.05, 0.1) is 0 Å². The predicted octanol–water partition coefficient (Wildman–Crippen LogP) is 3.37. The zero-order chi connectivity index (χ0) is 13.1. The van der Waals surface area contributed by atoms with Crippen molar-refractivity contribution in [1.29, 1.82) is 0 Å². The molecular formula is C15H32N2S. The van der Waals surface area contributed by atoms with Crippen molar-refractivity contribution in [2.24, 2.45) is 0 Å². The second-order valence-electron chi connectivity index (χ2n) is 5.50. The highest BCUT2D eigenvalue weighted by Gasteiger charge is 2.16. The number of nitrogens with zero attached hydrogens (tertiary/aromatic N) is 1. The van der Waals surface area contributed by atoms with Gasteiger partial charge in [-0.1, -0.05) is 26.2 Å². The summed E-state index contributed by atoms with van der Waals surface area (Å²) in [5, 5.41) is 3.69. The summed E-state index contributed by atoms with van der Waals surface area (Å²) in [7, 11) is 0. The van der Waals surface area contributed by atoms with Crippen LogP contribution in [0.3, 0.4) is 0 Å². The molecule has 18 heavy (non-hydrogen) atoms. The van der Waals surface area contributed by atoms with Crippen LogP contribution in [0, 0.1) is 0 Å². The van der Waals surface area contributed by atoms with Crippen molar-refractivity contribution in [3.05, 3.63) is 0 Å². The molecule has 1 atom stereocenters. The van der Waals surface area contributed by atoms with Crippen molar-refractivity contribution in [1.82, 2.24) is 10.2 Å². The first-order chi connectivity index (χ1) is 8.86. The predicted molar refractivity (Wildman–Crippen MR) is 84.6 cm³/mol. The summed E-state index contributed by atoms with van der Waals surface area (Å²) in [5.41, 5.74) is 0. The second-order valence-corrected chi connectivity index (χ2v) is 6.49. The van der Waals surface area contributed by atoms with E-state index in [2.05, 4.69) is 23.4 Å². The number of nitrogens with one attached hydrogen (secondary N) is 1. The van der Waals surface area contributed by atoms with Gasteiger partial charge in [-0.05, 0) is 57.3 Å². The Morgan fingerprint density at radius 3 is 2.83 bits per heavy atom. The van der Waals surface area contributed by atoms with E-state index in [0.29, 0.717) is 0 Å². The third kappa shape index (κ3) is 7.65. The lowest BCUT2D eigenvalue weighted by Gasteiger charge is -2.24. The lowest BCUT2D eigenvalue weighted by Crippen LogP contribution is -2.37. The maximum atomic E-state index is 3.69. The van der Waals surface area contributed by atoms with E-state index in [-0.39, 0.29) is 0 Å². The fourth-order valence-electron chi connectivity index (χ4n) is 2.76. The number of hydrogen-bond acceptors (Lipinski definition) is 3. The highest BCUT2D eigenvalue weighted by atomic mass is 32.2. The van der Waals surface area contributed by atoms with Crippen molar-refractivity contribution < 1.29 is 0 Å². The monoisotopic (exact) mass is 272 g/mol. The molecule has 1 aliphatic rings. The minimum Gasteiger partial charge on any atom is -0.313 e. The molecule has 0 spiro atoms. The first-order valence-electron chi connectivity index (χ1n) is 7.81. The third-order valence-electron chi connectivity index (χ3n) is 3.77.